The van der Waals surface area contributed by atoms with Gasteiger partial charge in [0.1, 0.15) is 0 Å². The van der Waals surface area contributed by atoms with Crippen LogP contribution in [0.3, 0.4) is 0 Å². The summed E-state index contributed by atoms with van der Waals surface area (Å²) in [5.41, 5.74) is 0. The van der Waals surface area contributed by atoms with E-state index in [0.29, 0.717) is 15.6 Å². The maximum absolute atomic E-state index is 5.38. The molecule has 0 bridgehead atoms. The quantitative estimate of drug-likeness (QED) is 0.423. The summed E-state index contributed by atoms with van der Waals surface area (Å²) in [5, 5.41) is 1.22. The van der Waals surface area contributed by atoms with Gasteiger partial charge in [-0.25, -0.2) is 0 Å². The molecule has 0 saturated heterocycles. The van der Waals surface area contributed by atoms with E-state index in [1.54, 1.807) is 0 Å². The summed E-state index contributed by atoms with van der Waals surface area (Å²) in [6, 6.07) is 0. The van der Waals surface area contributed by atoms with Crippen LogP contribution in [0.1, 0.15) is 27.2 Å². The van der Waals surface area contributed by atoms with Crippen molar-refractivity contribution in [1.82, 2.24) is 0 Å². The fourth-order valence-corrected chi connectivity index (χ4v) is 1.04. The van der Waals surface area contributed by atoms with Crippen molar-refractivity contribution >= 4 is 15.6 Å². The Morgan fingerprint density at radius 2 is 2.11 bits per heavy atom. The fraction of sp³-hybridized carbons (Fsp3) is 1.00. The van der Waals surface area contributed by atoms with Gasteiger partial charge in [-0.2, -0.15) is 0 Å². The topological polar surface area (TPSA) is 9.23 Å². The molecule has 0 aliphatic heterocycles. The van der Waals surface area contributed by atoms with Crippen LogP contribution < -0.4 is 0 Å². The van der Waals surface area contributed by atoms with E-state index in [9.17, 15) is 0 Å². The molecule has 0 aromatic carbocycles. The molecule has 0 aliphatic carbocycles. The Morgan fingerprint density at radius 1 is 1.44 bits per heavy atom. The van der Waals surface area contributed by atoms with Crippen molar-refractivity contribution < 1.29 is 3.79 Å². The fourth-order valence-electron chi connectivity index (χ4n) is 0.505. The molecular weight excluding hydrogens is 127 g/mol. The van der Waals surface area contributed by atoms with Gasteiger partial charge in [-0.15, -0.1) is 0 Å². The Hall–Kier alpha value is 0.492. The van der Waals surface area contributed by atoms with E-state index in [4.69, 9.17) is 3.79 Å². The molecule has 0 atom stereocenters. The predicted molar refractivity (Wildman–Crippen MR) is 41.6 cm³/mol. The van der Waals surface area contributed by atoms with E-state index in [0.717, 1.165) is 12.5 Å². The van der Waals surface area contributed by atoms with Gasteiger partial charge in [0.2, 0.25) is 0 Å². The third-order valence-corrected chi connectivity index (χ3v) is 1.90. The molecule has 0 radical (unpaired) electrons. The normalized spacial score (nSPS) is 9.78. The summed E-state index contributed by atoms with van der Waals surface area (Å²) in [6.45, 7) is 7.60. The first-order chi connectivity index (χ1) is 4.27. The molecule has 2 heteroatoms. The molecule has 0 aromatic heterocycles. The first-order valence-corrected chi connectivity index (χ1v) is 4.99. The van der Waals surface area contributed by atoms with Gasteiger partial charge in [0, 0.05) is 0 Å². The summed E-state index contributed by atoms with van der Waals surface area (Å²) < 4.78 is 5.38. The summed E-state index contributed by atoms with van der Waals surface area (Å²) in [6.07, 6.45) is 1.22. The second-order valence-corrected chi connectivity index (χ2v) is 4.11. The van der Waals surface area contributed by atoms with Gasteiger partial charge >= 0.3 is 64.3 Å². The third-order valence-electron chi connectivity index (χ3n) is 1.10. The zero-order valence-electron chi connectivity index (χ0n) is 6.68. The van der Waals surface area contributed by atoms with Crippen LogP contribution in [0.2, 0.25) is 5.28 Å². The molecule has 1 nitrogen and oxygen atoms in total. The van der Waals surface area contributed by atoms with E-state index in [1.165, 1.54) is 11.7 Å². The van der Waals surface area contributed by atoms with Crippen molar-refractivity contribution in [3.63, 3.8) is 0 Å². The van der Waals surface area contributed by atoms with E-state index < -0.39 is 0 Å². The van der Waals surface area contributed by atoms with Crippen molar-refractivity contribution in [2.75, 3.05) is 6.61 Å². The molecule has 9 heavy (non-hydrogen) atoms. The first kappa shape index (κ1) is 9.49. The van der Waals surface area contributed by atoms with Crippen molar-refractivity contribution in [3.8, 4) is 0 Å². The van der Waals surface area contributed by atoms with E-state index in [-0.39, 0.29) is 0 Å². The van der Waals surface area contributed by atoms with Crippen molar-refractivity contribution in [2.24, 2.45) is 5.92 Å². The third kappa shape index (κ3) is 8.49. The molecule has 52 valence electrons. The van der Waals surface area contributed by atoms with Crippen LogP contribution >= 0.6 is 0 Å². The molecule has 0 N–H and O–H groups in total. The SMILES string of the molecule is C[CH2][Al+][O]CCC(C)C. The van der Waals surface area contributed by atoms with E-state index >= 15 is 0 Å². The Kier molecular flexibility index (Phi) is 6.97. The van der Waals surface area contributed by atoms with Crippen LogP contribution in [0.4, 0.5) is 0 Å². The van der Waals surface area contributed by atoms with Gasteiger partial charge in [0.15, 0.2) is 0 Å². The van der Waals surface area contributed by atoms with Gasteiger partial charge < -0.3 is 0 Å². The van der Waals surface area contributed by atoms with Crippen LogP contribution in [-0.2, 0) is 3.79 Å². The van der Waals surface area contributed by atoms with E-state index in [1.807, 2.05) is 0 Å². The number of hydrogen-bond donors (Lipinski definition) is 0. The summed E-state index contributed by atoms with van der Waals surface area (Å²) in [5.74, 6) is 0.793. The van der Waals surface area contributed by atoms with Gasteiger partial charge in [-0.1, -0.05) is 0 Å². The molecule has 0 amide bonds. The minimum atomic E-state index is 0.297. The van der Waals surface area contributed by atoms with Crippen molar-refractivity contribution in [3.05, 3.63) is 0 Å². The van der Waals surface area contributed by atoms with Gasteiger partial charge in [0.05, 0.1) is 0 Å². The van der Waals surface area contributed by atoms with Crippen LogP contribution in [0.5, 0.6) is 0 Å². The van der Waals surface area contributed by atoms with E-state index in [2.05, 4.69) is 20.8 Å². The molecule has 0 aromatic rings. The van der Waals surface area contributed by atoms with Crippen LogP contribution in [0.15, 0.2) is 0 Å². The standard InChI is InChI=1S/C5H11O.C2H5.Al/c1-5(2)3-4-6;1-2;/h5H,3-4H2,1-2H3;1H2,2H3;/q-1;;+2. The summed E-state index contributed by atoms with van der Waals surface area (Å²) >= 11 is 0.297. The average molecular weight is 143 g/mol. The van der Waals surface area contributed by atoms with Crippen LogP contribution in [0, 0.1) is 5.92 Å². The zero-order chi connectivity index (χ0) is 7.11. The monoisotopic (exact) mass is 143 g/mol. The second-order valence-electron chi connectivity index (χ2n) is 2.63. The van der Waals surface area contributed by atoms with Gasteiger partial charge in [-0.05, 0) is 0 Å². The second kappa shape index (κ2) is 6.61. The molecule has 0 heterocycles. The molecule has 0 saturated carbocycles. The first-order valence-electron chi connectivity index (χ1n) is 3.70. The molecule has 0 aliphatic rings. The molecule has 0 fully saturated rings. The number of hydrogen-bond acceptors (Lipinski definition) is 1. The Bertz CT molecular complexity index is 54.9. The molecule has 0 unspecified atom stereocenters. The molecule has 0 spiro atoms. The minimum absolute atomic E-state index is 0.297. The van der Waals surface area contributed by atoms with Crippen molar-refractivity contribution in [2.45, 2.75) is 32.5 Å². The molecule has 0 rings (SSSR count). The number of rotatable bonds is 5. The van der Waals surface area contributed by atoms with Crippen molar-refractivity contribution in [1.29, 1.82) is 0 Å². The van der Waals surface area contributed by atoms with Crippen LogP contribution in [-0.4, -0.2) is 22.2 Å². The Balaban J connectivity index is 2.75. The summed E-state index contributed by atoms with van der Waals surface area (Å²) in [7, 11) is 0. The van der Waals surface area contributed by atoms with Gasteiger partial charge in [0.25, 0.3) is 0 Å². The van der Waals surface area contributed by atoms with Gasteiger partial charge in [-0.3, -0.25) is 0 Å². The zero-order valence-corrected chi connectivity index (χ0v) is 7.84. The molecular formula is C7H16AlO+. The summed E-state index contributed by atoms with van der Waals surface area (Å²) in [4.78, 5) is 0. The Labute approximate surface area is 64.8 Å². The average Bonchev–Trinajstić information content (AvgIpc) is 1.80. The Morgan fingerprint density at radius 3 is 2.56 bits per heavy atom. The predicted octanol–water partition coefficient (Wildman–Crippen LogP) is 2.11. The maximum atomic E-state index is 5.38. The van der Waals surface area contributed by atoms with Crippen LogP contribution in [0.25, 0.3) is 0 Å².